The number of sulfonamides is 1. The van der Waals surface area contributed by atoms with Gasteiger partial charge in [0.15, 0.2) is 0 Å². The summed E-state index contributed by atoms with van der Waals surface area (Å²) in [4.78, 5) is 28.8. The van der Waals surface area contributed by atoms with Gasteiger partial charge >= 0.3 is 0 Å². The molecular formula is C29H35N3O5S. The Labute approximate surface area is 225 Å². The SMILES string of the molecule is COCCNC(=O)[C@@H](Cc1ccccc1)N(Cc1ccccc1)C(=O)CN(Cc1ccccc1)S(C)(=O)=O. The molecule has 0 fully saturated rings. The third-order valence-corrected chi connectivity index (χ3v) is 7.25. The van der Waals surface area contributed by atoms with Crippen LogP contribution in [0.1, 0.15) is 16.7 Å². The van der Waals surface area contributed by atoms with Gasteiger partial charge in [0.05, 0.1) is 19.4 Å². The number of benzene rings is 3. The van der Waals surface area contributed by atoms with E-state index in [1.54, 1.807) is 7.11 Å². The van der Waals surface area contributed by atoms with Gasteiger partial charge in [0.2, 0.25) is 21.8 Å². The van der Waals surface area contributed by atoms with Crippen LogP contribution >= 0.6 is 0 Å². The standard InChI is InChI=1S/C29H35N3O5S/c1-37-19-18-30-29(34)27(20-24-12-6-3-7-13-24)32(22-26-16-10-5-11-17-26)28(33)23-31(38(2,35)36)21-25-14-8-4-9-15-25/h3-17,27H,18-23H2,1-2H3,(H,30,34)/t27-/m1/s1. The van der Waals surface area contributed by atoms with E-state index < -0.39 is 28.5 Å². The summed E-state index contributed by atoms with van der Waals surface area (Å²) in [7, 11) is -2.17. The highest BCUT2D eigenvalue weighted by molar-refractivity contribution is 7.88. The van der Waals surface area contributed by atoms with Crippen LogP contribution in [-0.2, 0) is 43.9 Å². The summed E-state index contributed by atoms with van der Waals surface area (Å²) in [5.41, 5.74) is 2.48. The molecule has 3 aromatic carbocycles. The average molecular weight is 538 g/mol. The third kappa shape index (κ3) is 9.09. The molecule has 1 N–H and O–H groups in total. The Morgan fingerprint density at radius 3 is 1.82 bits per heavy atom. The fourth-order valence-electron chi connectivity index (χ4n) is 4.05. The summed E-state index contributed by atoms with van der Waals surface area (Å²) in [6, 6.07) is 27.0. The van der Waals surface area contributed by atoms with Crippen molar-refractivity contribution < 1.29 is 22.7 Å². The van der Waals surface area contributed by atoms with E-state index in [0.29, 0.717) is 6.61 Å². The van der Waals surface area contributed by atoms with Crippen LogP contribution in [0.5, 0.6) is 0 Å². The van der Waals surface area contributed by atoms with Crippen molar-refractivity contribution in [1.29, 1.82) is 0 Å². The second-order valence-electron chi connectivity index (χ2n) is 9.01. The highest BCUT2D eigenvalue weighted by Gasteiger charge is 2.32. The van der Waals surface area contributed by atoms with Crippen molar-refractivity contribution in [3.8, 4) is 0 Å². The lowest BCUT2D eigenvalue weighted by Crippen LogP contribution is -2.53. The van der Waals surface area contributed by atoms with Crippen LogP contribution < -0.4 is 5.32 Å². The largest absolute Gasteiger partial charge is 0.383 e. The molecule has 0 aromatic heterocycles. The smallest absolute Gasteiger partial charge is 0.243 e. The van der Waals surface area contributed by atoms with Crippen LogP contribution in [0.2, 0.25) is 0 Å². The molecule has 0 unspecified atom stereocenters. The summed E-state index contributed by atoms with van der Waals surface area (Å²) >= 11 is 0. The molecule has 8 nitrogen and oxygen atoms in total. The molecule has 1 atom stereocenters. The van der Waals surface area contributed by atoms with E-state index in [1.807, 2.05) is 91.0 Å². The molecule has 38 heavy (non-hydrogen) atoms. The highest BCUT2D eigenvalue weighted by Crippen LogP contribution is 2.17. The first kappa shape index (κ1) is 29.0. The summed E-state index contributed by atoms with van der Waals surface area (Å²) < 4.78 is 31.6. The van der Waals surface area contributed by atoms with Gasteiger partial charge in [-0.1, -0.05) is 91.0 Å². The first-order valence-electron chi connectivity index (χ1n) is 12.4. The van der Waals surface area contributed by atoms with Crippen molar-refractivity contribution in [2.24, 2.45) is 0 Å². The Kier molecular flexibility index (Phi) is 11.0. The minimum Gasteiger partial charge on any atom is -0.383 e. The Hall–Kier alpha value is -3.53. The molecule has 0 saturated carbocycles. The summed E-state index contributed by atoms with van der Waals surface area (Å²) in [6.07, 6.45) is 1.36. The molecule has 3 aromatic rings. The van der Waals surface area contributed by atoms with Crippen LogP contribution in [-0.4, -0.2) is 68.5 Å². The number of hydrogen-bond acceptors (Lipinski definition) is 5. The van der Waals surface area contributed by atoms with E-state index in [0.717, 1.165) is 27.3 Å². The van der Waals surface area contributed by atoms with E-state index in [4.69, 9.17) is 4.74 Å². The molecule has 0 spiro atoms. The zero-order valence-corrected chi connectivity index (χ0v) is 22.6. The van der Waals surface area contributed by atoms with Gasteiger partial charge < -0.3 is 15.0 Å². The molecule has 0 aliphatic rings. The molecule has 0 bridgehead atoms. The summed E-state index contributed by atoms with van der Waals surface area (Å²) in [5, 5.41) is 2.86. The van der Waals surface area contributed by atoms with E-state index in [2.05, 4.69) is 5.32 Å². The van der Waals surface area contributed by atoms with Crippen molar-refractivity contribution in [2.45, 2.75) is 25.6 Å². The third-order valence-electron chi connectivity index (χ3n) is 6.05. The Morgan fingerprint density at radius 2 is 1.32 bits per heavy atom. The minimum absolute atomic E-state index is 0.0496. The number of nitrogens with one attached hydrogen (secondary N) is 1. The van der Waals surface area contributed by atoms with Gasteiger partial charge in [0.1, 0.15) is 6.04 Å². The topological polar surface area (TPSA) is 96.0 Å². The van der Waals surface area contributed by atoms with Crippen molar-refractivity contribution in [2.75, 3.05) is 33.1 Å². The lowest BCUT2D eigenvalue weighted by Gasteiger charge is -2.33. The monoisotopic (exact) mass is 537 g/mol. The Balaban J connectivity index is 1.95. The Bertz CT molecular complexity index is 1260. The fourth-order valence-corrected chi connectivity index (χ4v) is 4.78. The first-order chi connectivity index (χ1) is 18.3. The number of hydrogen-bond donors (Lipinski definition) is 1. The molecule has 9 heteroatoms. The fraction of sp³-hybridized carbons (Fsp3) is 0.310. The van der Waals surface area contributed by atoms with Crippen molar-refractivity contribution >= 4 is 21.8 Å². The second kappa shape index (κ2) is 14.4. The molecule has 0 radical (unpaired) electrons. The predicted molar refractivity (Wildman–Crippen MR) is 148 cm³/mol. The van der Waals surface area contributed by atoms with E-state index in [1.165, 1.54) is 4.90 Å². The molecule has 3 rings (SSSR count). The zero-order valence-electron chi connectivity index (χ0n) is 21.8. The highest BCUT2D eigenvalue weighted by atomic mass is 32.2. The quantitative estimate of drug-likeness (QED) is 0.319. The lowest BCUT2D eigenvalue weighted by atomic mass is 10.0. The number of carbonyl (C=O) groups is 2. The van der Waals surface area contributed by atoms with Gasteiger partial charge in [-0.05, 0) is 16.7 Å². The maximum Gasteiger partial charge on any atom is 0.243 e. The molecule has 202 valence electrons. The molecule has 2 amide bonds. The number of rotatable bonds is 14. The molecule has 0 heterocycles. The van der Waals surface area contributed by atoms with Crippen LogP contribution in [0.3, 0.4) is 0 Å². The lowest BCUT2D eigenvalue weighted by molar-refractivity contribution is -0.141. The van der Waals surface area contributed by atoms with Crippen LogP contribution in [0.4, 0.5) is 0 Å². The van der Waals surface area contributed by atoms with E-state index in [-0.39, 0.29) is 32.0 Å². The number of amides is 2. The van der Waals surface area contributed by atoms with E-state index in [9.17, 15) is 18.0 Å². The van der Waals surface area contributed by atoms with E-state index >= 15 is 0 Å². The normalized spacial score (nSPS) is 12.2. The number of ether oxygens (including phenoxy) is 1. The molecule has 0 aliphatic heterocycles. The maximum absolute atomic E-state index is 13.9. The minimum atomic E-state index is -3.72. The predicted octanol–water partition coefficient (Wildman–Crippen LogP) is 2.85. The zero-order chi connectivity index (χ0) is 27.4. The number of methoxy groups -OCH3 is 1. The van der Waals surface area contributed by atoms with Gasteiger partial charge in [-0.25, -0.2) is 8.42 Å². The van der Waals surface area contributed by atoms with Crippen molar-refractivity contribution in [3.05, 3.63) is 108 Å². The average Bonchev–Trinajstić information content (AvgIpc) is 2.91. The first-order valence-corrected chi connectivity index (χ1v) is 14.3. The van der Waals surface area contributed by atoms with Gasteiger partial charge in [-0.2, -0.15) is 4.31 Å². The van der Waals surface area contributed by atoms with Gasteiger partial charge in [-0.3, -0.25) is 9.59 Å². The molecule has 0 aliphatic carbocycles. The molecule has 0 saturated heterocycles. The number of carbonyl (C=O) groups excluding carboxylic acids is 2. The maximum atomic E-state index is 13.9. The second-order valence-corrected chi connectivity index (χ2v) is 11.0. The van der Waals surface area contributed by atoms with Crippen molar-refractivity contribution in [1.82, 2.24) is 14.5 Å². The molecular weight excluding hydrogens is 502 g/mol. The summed E-state index contributed by atoms with van der Waals surface area (Å²) in [5.74, 6) is -0.790. The van der Waals surface area contributed by atoms with Gasteiger partial charge in [-0.15, -0.1) is 0 Å². The Morgan fingerprint density at radius 1 is 0.816 bits per heavy atom. The van der Waals surface area contributed by atoms with Crippen LogP contribution in [0, 0.1) is 0 Å². The van der Waals surface area contributed by atoms with Gasteiger partial charge in [0.25, 0.3) is 0 Å². The van der Waals surface area contributed by atoms with Crippen LogP contribution in [0.15, 0.2) is 91.0 Å². The van der Waals surface area contributed by atoms with Crippen molar-refractivity contribution in [3.63, 3.8) is 0 Å². The van der Waals surface area contributed by atoms with Gasteiger partial charge in [0, 0.05) is 33.2 Å². The van der Waals surface area contributed by atoms with Crippen LogP contribution in [0.25, 0.3) is 0 Å². The number of nitrogens with zero attached hydrogens (tertiary/aromatic N) is 2. The summed E-state index contributed by atoms with van der Waals surface area (Å²) in [6.45, 7) is 0.426.